The largest absolute Gasteiger partial charge is 0.366 e. The van der Waals surface area contributed by atoms with E-state index in [1.54, 1.807) is 6.20 Å². The molecule has 1 aromatic rings. The minimum atomic E-state index is -0.0412. The Hall–Kier alpha value is -0.880. The Labute approximate surface area is 115 Å². The molecule has 0 spiro atoms. The first-order valence-electron chi connectivity index (χ1n) is 6.37. The molecule has 100 valence electrons. The summed E-state index contributed by atoms with van der Waals surface area (Å²) in [5, 5.41) is 7.63. The molecule has 1 aromatic heterocycles. The van der Waals surface area contributed by atoms with Crippen molar-refractivity contribution in [3.05, 3.63) is 21.0 Å². The van der Waals surface area contributed by atoms with Crippen molar-refractivity contribution in [2.24, 2.45) is 0 Å². The zero-order valence-electron chi connectivity index (χ0n) is 10.8. The van der Waals surface area contributed by atoms with Gasteiger partial charge >= 0.3 is 0 Å². The number of hydrogen-bond donors (Lipinski definition) is 1. The van der Waals surface area contributed by atoms with Crippen molar-refractivity contribution in [1.29, 1.82) is 0 Å². The fourth-order valence-electron chi connectivity index (χ4n) is 2.20. The fourth-order valence-corrected chi connectivity index (χ4v) is 2.76. The van der Waals surface area contributed by atoms with Crippen molar-refractivity contribution in [2.45, 2.75) is 32.9 Å². The maximum absolute atomic E-state index is 12.1. The van der Waals surface area contributed by atoms with Crippen LogP contribution in [-0.2, 0) is 6.54 Å². The summed E-state index contributed by atoms with van der Waals surface area (Å²) in [5.41, 5.74) is 0.862. The summed E-state index contributed by atoms with van der Waals surface area (Å²) in [7, 11) is 0. The zero-order valence-corrected chi connectivity index (χ0v) is 12.4. The third kappa shape index (κ3) is 2.75. The van der Waals surface area contributed by atoms with E-state index >= 15 is 0 Å². The Bertz CT molecular complexity index is 474. The highest BCUT2D eigenvalue weighted by molar-refractivity contribution is 9.10. The number of hydrogen-bond acceptors (Lipinski definition) is 4. The molecule has 2 heterocycles. The Kier molecular flexibility index (Phi) is 4.40. The van der Waals surface area contributed by atoms with Crippen LogP contribution in [0.25, 0.3) is 0 Å². The van der Waals surface area contributed by atoms with Crippen LogP contribution < -0.4 is 15.8 Å². The SMILES string of the molecule is CCCn1ncc(N2CCNC(C)C2)c(Br)c1=O. The monoisotopic (exact) mass is 314 g/mol. The molecule has 0 saturated carbocycles. The normalized spacial score (nSPS) is 20.2. The summed E-state index contributed by atoms with van der Waals surface area (Å²) < 4.78 is 2.14. The van der Waals surface area contributed by atoms with Gasteiger partial charge in [-0.1, -0.05) is 6.92 Å². The minimum Gasteiger partial charge on any atom is -0.366 e. The average Bonchev–Trinajstić information content (AvgIpc) is 2.35. The summed E-state index contributed by atoms with van der Waals surface area (Å²) in [5.74, 6) is 0. The number of anilines is 1. The molecule has 0 aromatic carbocycles. The summed E-state index contributed by atoms with van der Waals surface area (Å²) in [4.78, 5) is 14.3. The maximum Gasteiger partial charge on any atom is 0.283 e. The third-order valence-corrected chi connectivity index (χ3v) is 3.86. The Morgan fingerprint density at radius 3 is 3.06 bits per heavy atom. The van der Waals surface area contributed by atoms with E-state index < -0.39 is 0 Å². The summed E-state index contributed by atoms with van der Waals surface area (Å²) >= 11 is 3.42. The highest BCUT2D eigenvalue weighted by Gasteiger charge is 2.20. The van der Waals surface area contributed by atoms with E-state index in [9.17, 15) is 4.79 Å². The predicted octanol–water partition coefficient (Wildman–Crippen LogP) is 1.21. The Morgan fingerprint density at radius 1 is 1.61 bits per heavy atom. The van der Waals surface area contributed by atoms with Crippen molar-refractivity contribution < 1.29 is 0 Å². The summed E-state index contributed by atoms with van der Waals surface area (Å²) in [6, 6.07) is 0.434. The smallest absolute Gasteiger partial charge is 0.283 e. The van der Waals surface area contributed by atoms with E-state index in [4.69, 9.17) is 0 Å². The predicted molar refractivity (Wildman–Crippen MR) is 76.2 cm³/mol. The number of halogens is 1. The van der Waals surface area contributed by atoms with Gasteiger partial charge in [-0.15, -0.1) is 0 Å². The standard InChI is InChI=1S/C12H19BrN4O/c1-3-5-17-12(18)11(13)10(7-15-17)16-6-4-14-9(2)8-16/h7,9,14H,3-6,8H2,1-2H3. The number of nitrogens with one attached hydrogen (secondary N) is 1. The van der Waals surface area contributed by atoms with Gasteiger partial charge in [0.1, 0.15) is 4.47 Å². The van der Waals surface area contributed by atoms with Gasteiger partial charge in [-0.2, -0.15) is 5.10 Å². The molecule has 1 fully saturated rings. The van der Waals surface area contributed by atoms with Crippen LogP contribution in [0, 0.1) is 0 Å². The average molecular weight is 315 g/mol. The number of rotatable bonds is 3. The second-order valence-electron chi connectivity index (χ2n) is 4.67. The van der Waals surface area contributed by atoms with Crippen molar-refractivity contribution in [2.75, 3.05) is 24.5 Å². The number of nitrogens with zero attached hydrogens (tertiary/aromatic N) is 3. The van der Waals surface area contributed by atoms with Crippen molar-refractivity contribution in [3.8, 4) is 0 Å². The lowest BCUT2D eigenvalue weighted by Crippen LogP contribution is -2.49. The lowest BCUT2D eigenvalue weighted by Gasteiger charge is -2.33. The summed E-state index contributed by atoms with van der Waals surface area (Å²) in [6.45, 7) is 7.58. The molecule has 1 N–H and O–H groups in total. The van der Waals surface area contributed by atoms with E-state index in [0.29, 0.717) is 17.1 Å². The third-order valence-electron chi connectivity index (χ3n) is 3.11. The molecule has 0 bridgehead atoms. The van der Waals surface area contributed by atoms with E-state index in [0.717, 1.165) is 31.7 Å². The molecular formula is C12H19BrN4O. The van der Waals surface area contributed by atoms with Crippen molar-refractivity contribution >= 4 is 21.6 Å². The molecule has 0 amide bonds. The van der Waals surface area contributed by atoms with Gasteiger partial charge in [0.2, 0.25) is 0 Å². The van der Waals surface area contributed by atoms with Crippen LogP contribution in [-0.4, -0.2) is 35.5 Å². The van der Waals surface area contributed by atoms with Crippen LogP contribution in [0.15, 0.2) is 15.5 Å². The van der Waals surface area contributed by atoms with Gasteiger partial charge in [-0.3, -0.25) is 4.79 Å². The molecule has 1 saturated heterocycles. The molecule has 2 rings (SSSR count). The van der Waals surface area contributed by atoms with Gasteiger partial charge in [-0.25, -0.2) is 4.68 Å². The second-order valence-corrected chi connectivity index (χ2v) is 5.47. The maximum atomic E-state index is 12.1. The molecular weight excluding hydrogens is 296 g/mol. The number of aryl methyl sites for hydroxylation is 1. The van der Waals surface area contributed by atoms with E-state index in [1.165, 1.54) is 4.68 Å². The van der Waals surface area contributed by atoms with Gasteiger partial charge < -0.3 is 10.2 Å². The Morgan fingerprint density at radius 2 is 2.39 bits per heavy atom. The van der Waals surface area contributed by atoms with Gasteiger partial charge in [0.25, 0.3) is 5.56 Å². The fraction of sp³-hybridized carbons (Fsp3) is 0.667. The van der Waals surface area contributed by atoms with E-state index in [1.807, 2.05) is 6.92 Å². The molecule has 0 aliphatic carbocycles. The van der Waals surface area contributed by atoms with Crippen molar-refractivity contribution in [1.82, 2.24) is 15.1 Å². The Balaban J connectivity index is 2.29. The number of piperazine rings is 1. The van der Waals surface area contributed by atoms with E-state index in [2.05, 4.69) is 38.2 Å². The topological polar surface area (TPSA) is 50.2 Å². The van der Waals surface area contributed by atoms with Gasteiger partial charge in [-0.05, 0) is 29.3 Å². The van der Waals surface area contributed by atoms with Crippen LogP contribution in [0.5, 0.6) is 0 Å². The minimum absolute atomic E-state index is 0.0412. The lowest BCUT2D eigenvalue weighted by molar-refractivity contribution is 0.481. The first-order chi connectivity index (χ1) is 8.63. The van der Waals surface area contributed by atoms with Crippen molar-refractivity contribution in [3.63, 3.8) is 0 Å². The molecule has 5 nitrogen and oxygen atoms in total. The lowest BCUT2D eigenvalue weighted by atomic mass is 10.2. The van der Waals surface area contributed by atoms with Gasteiger partial charge in [0.05, 0.1) is 11.9 Å². The number of aromatic nitrogens is 2. The highest BCUT2D eigenvalue weighted by atomic mass is 79.9. The second kappa shape index (κ2) is 5.84. The zero-order chi connectivity index (χ0) is 13.1. The quantitative estimate of drug-likeness (QED) is 0.911. The summed E-state index contributed by atoms with van der Waals surface area (Å²) in [6.07, 6.45) is 2.70. The molecule has 1 unspecified atom stereocenters. The van der Waals surface area contributed by atoms with Crippen LogP contribution in [0.3, 0.4) is 0 Å². The van der Waals surface area contributed by atoms with Gasteiger partial charge in [0, 0.05) is 32.2 Å². The molecule has 18 heavy (non-hydrogen) atoms. The highest BCUT2D eigenvalue weighted by Crippen LogP contribution is 2.22. The van der Waals surface area contributed by atoms with Crippen LogP contribution >= 0.6 is 15.9 Å². The first kappa shape index (κ1) is 13.5. The molecule has 6 heteroatoms. The van der Waals surface area contributed by atoms with Crippen LogP contribution in [0.4, 0.5) is 5.69 Å². The van der Waals surface area contributed by atoms with Gasteiger partial charge in [0.15, 0.2) is 0 Å². The molecule has 1 aliphatic heterocycles. The van der Waals surface area contributed by atoms with E-state index in [-0.39, 0.29) is 5.56 Å². The molecule has 0 radical (unpaired) electrons. The van der Waals surface area contributed by atoms with Crippen LogP contribution in [0.2, 0.25) is 0 Å². The van der Waals surface area contributed by atoms with Crippen LogP contribution in [0.1, 0.15) is 20.3 Å². The molecule has 1 atom stereocenters. The molecule has 1 aliphatic rings. The first-order valence-corrected chi connectivity index (χ1v) is 7.16.